The van der Waals surface area contributed by atoms with E-state index in [2.05, 4.69) is 0 Å². The molecule has 1 aliphatic heterocycles. The molecule has 1 aromatic carbocycles. The summed E-state index contributed by atoms with van der Waals surface area (Å²) >= 11 is 0. The Kier molecular flexibility index (Phi) is 4.92. The molecule has 0 spiro atoms. The maximum Gasteiger partial charge on any atom is 0.184 e. The van der Waals surface area contributed by atoms with Gasteiger partial charge in [-0.15, -0.1) is 0 Å². The van der Waals surface area contributed by atoms with E-state index in [4.69, 9.17) is 14.6 Å². The molecule has 5 atom stereocenters. The maximum absolute atomic E-state index is 9.83. The number of aromatic hydroxyl groups is 1. The normalized spacial score (nSPS) is 29.9. The second kappa shape index (κ2) is 6.49. The molecule has 20 heavy (non-hydrogen) atoms. The molecule has 0 aromatic heterocycles. The van der Waals surface area contributed by atoms with Crippen LogP contribution in [0.4, 0.5) is 0 Å². The van der Waals surface area contributed by atoms with Gasteiger partial charge >= 0.3 is 0 Å². The van der Waals surface area contributed by atoms with Crippen LogP contribution in [-0.4, -0.2) is 63.2 Å². The fourth-order valence-corrected chi connectivity index (χ4v) is 1.99. The lowest BCUT2D eigenvalue weighted by Gasteiger charge is -2.37. The highest BCUT2D eigenvalue weighted by molar-refractivity contribution is 5.26. The molecule has 0 saturated carbocycles. The predicted molar refractivity (Wildman–Crippen MR) is 66.8 cm³/mol. The molecule has 2 rings (SSSR count). The maximum atomic E-state index is 9.83. The van der Waals surface area contributed by atoms with E-state index < -0.39 is 37.3 Å². The van der Waals surface area contributed by atoms with E-state index in [1.807, 2.05) is 0 Å². The van der Waals surface area contributed by atoms with Gasteiger partial charge in [0.05, 0.1) is 13.2 Å². The zero-order chi connectivity index (χ0) is 14.7. The van der Waals surface area contributed by atoms with Crippen LogP contribution in [0.15, 0.2) is 24.3 Å². The highest BCUT2D eigenvalue weighted by Gasteiger charge is 2.39. The van der Waals surface area contributed by atoms with Crippen LogP contribution in [0.2, 0.25) is 0 Å². The van der Waals surface area contributed by atoms with Crippen molar-refractivity contribution in [2.45, 2.75) is 30.7 Å². The Morgan fingerprint density at radius 1 is 1.20 bits per heavy atom. The van der Waals surface area contributed by atoms with E-state index in [1.54, 1.807) is 12.1 Å². The van der Waals surface area contributed by atoms with Crippen molar-refractivity contribution in [1.82, 2.24) is 0 Å². The number of hydrogen-bond donors (Lipinski definition) is 5. The summed E-state index contributed by atoms with van der Waals surface area (Å²) in [5, 5.41) is 47.1. The molecular weight excluding hydrogens is 268 g/mol. The van der Waals surface area contributed by atoms with E-state index in [9.17, 15) is 20.4 Å². The molecule has 1 heterocycles. The van der Waals surface area contributed by atoms with Crippen LogP contribution >= 0.6 is 0 Å². The fraction of sp³-hybridized carbons (Fsp3) is 0.538. The van der Waals surface area contributed by atoms with Crippen molar-refractivity contribution in [3.63, 3.8) is 0 Å². The fourth-order valence-electron chi connectivity index (χ4n) is 1.99. The molecule has 7 heteroatoms. The molecule has 112 valence electrons. The Labute approximate surface area is 115 Å². The predicted octanol–water partition coefficient (Wildman–Crippen LogP) is -1.12. The molecule has 5 N–H and O–H groups in total. The summed E-state index contributed by atoms with van der Waals surface area (Å²) in [4.78, 5) is 0. The SMILES string of the molecule is OC[C@@H](O)[C@H](O)[C@H]1OC(c2ccc(O)cc2)OC[C@@H]1O. The van der Waals surface area contributed by atoms with Crippen LogP contribution < -0.4 is 0 Å². The third-order valence-corrected chi connectivity index (χ3v) is 3.16. The molecule has 0 aliphatic carbocycles. The summed E-state index contributed by atoms with van der Waals surface area (Å²) in [6, 6.07) is 6.09. The largest absolute Gasteiger partial charge is 0.508 e. The van der Waals surface area contributed by atoms with E-state index in [1.165, 1.54) is 12.1 Å². The Hall–Kier alpha value is -1.22. The summed E-state index contributed by atoms with van der Waals surface area (Å²) in [5.74, 6) is 0.0943. The first kappa shape index (κ1) is 15.2. The van der Waals surface area contributed by atoms with Gasteiger partial charge in [-0.25, -0.2) is 0 Å². The number of ether oxygens (including phenoxy) is 2. The Balaban J connectivity index is 2.09. The first-order valence-corrected chi connectivity index (χ1v) is 6.24. The van der Waals surface area contributed by atoms with Gasteiger partial charge in [-0.05, 0) is 12.1 Å². The molecule has 1 fully saturated rings. The monoisotopic (exact) mass is 286 g/mol. The van der Waals surface area contributed by atoms with Gasteiger partial charge < -0.3 is 35.0 Å². The molecule has 0 radical (unpaired) electrons. The zero-order valence-corrected chi connectivity index (χ0v) is 10.7. The van der Waals surface area contributed by atoms with Gasteiger partial charge in [-0.2, -0.15) is 0 Å². The summed E-state index contributed by atoms with van der Waals surface area (Å²) in [5.41, 5.74) is 0.602. The molecule has 1 saturated heterocycles. The number of rotatable bonds is 4. The lowest BCUT2D eigenvalue weighted by atomic mass is 10.0. The molecule has 1 aliphatic rings. The van der Waals surface area contributed by atoms with Crippen molar-refractivity contribution >= 4 is 0 Å². The van der Waals surface area contributed by atoms with Crippen LogP contribution in [0.5, 0.6) is 5.75 Å². The molecule has 0 amide bonds. The van der Waals surface area contributed by atoms with E-state index in [-0.39, 0.29) is 12.4 Å². The molecule has 1 aromatic rings. The van der Waals surface area contributed by atoms with Crippen molar-refractivity contribution in [3.8, 4) is 5.75 Å². The second-order valence-electron chi connectivity index (χ2n) is 4.67. The van der Waals surface area contributed by atoms with Gasteiger partial charge in [0.25, 0.3) is 0 Å². The smallest absolute Gasteiger partial charge is 0.184 e. The summed E-state index contributed by atoms with van der Waals surface area (Å²) in [7, 11) is 0. The Morgan fingerprint density at radius 3 is 2.45 bits per heavy atom. The van der Waals surface area contributed by atoms with Gasteiger partial charge in [0.1, 0.15) is 30.2 Å². The number of benzene rings is 1. The number of hydrogen-bond acceptors (Lipinski definition) is 7. The second-order valence-corrected chi connectivity index (χ2v) is 4.67. The zero-order valence-electron chi connectivity index (χ0n) is 10.7. The van der Waals surface area contributed by atoms with Crippen LogP contribution in [0.3, 0.4) is 0 Å². The minimum atomic E-state index is -1.43. The van der Waals surface area contributed by atoms with Crippen LogP contribution in [0.25, 0.3) is 0 Å². The van der Waals surface area contributed by atoms with E-state index >= 15 is 0 Å². The number of aliphatic hydroxyl groups is 4. The van der Waals surface area contributed by atoms with Gasteiger partial charge in [0.15, 0.2) is 6.29 Å². The highest BCUT2D eigenvalue weighted by Crippen LogP contribution is 2.29. The molecule has 7 nitrogen and oxygen atoms in total. The molecule has 1 unspecified atom stereocenters. The third kappa shape index (κ3) is 3.26. The van der Waals surface area contributed by atoms with Gasteiger partial charge in [-0.1, -0.05) is 12.1 Å². The summed E-state index contributed by atoms with van der Waals surface area (Å²) in [6.45, 7) is -0.718. The van der Waals surface area contributed by atoms with Crippen molar-refractivity contribution < 1.29 is 35.0 Å². The lowest BCUT2D eigenvalue weighted by molar-refractivity contribution is -0.284. The van der Waals surface area contributed by atoms with Crippen molar-refractivity contribution in [3.05, 3.63) is 29.8 Å². The number of aliphatic hydroxyl groups excluding tert-OH is 4. The first-order valence-electron chi connectivity index (χ1n) is 6.24. The van der Waals surface area contributed by atoms with Crippen molar-refractivity contribution in [2.75, 3.05) is 13.2 Å². The van der Waals surface area contributed by atoms with Crippen molar-refractivity contribution in [2.24, 2.45) is 0 Å². The standard InChI is InChI=1S/C13H18O7/c14-5-9(16)11(18)12-10(17)6-19-13(20-12)7-1-3-8(15)4-2-7/h1-4,9-18H,5-6H2/t9-,10+,11+,12+,13?/m1/s1. The van der Waals surface area contributed by atoms with E-state index in [0.29, 0.717) is 5.56 Å². The number of phenols is 1. The minimum absolute atomic E-state index is 0.0780. The molecular formula is C13H18O7. The van der Waals surface area contributed by atoms with Crippen molar-refractivity contribution in [1.29, 1.82) is 0 Å². The highest BCUT2D eigenvalue weighted by atomic mass is 16.7. The Bertz CT molecular complexity index is 421. The van der Waals surface area contributed by atoms with Crippen LogP contribution in [0, 0.1) is 0 Å². The van der Waals surface area contributed by atoms with Gasteiger partial charge in [0.2, 0.25) is 0 Å². The third-order valence-electron chi connectivity index (χ3n) is 3.16. The van der Waals surface area contributed by atoms with Gasteiger partial charge in [0, 0.05) is 5.56 Å². The quantitative estimate of drug-likeness (QED) is 0.475. The lowest BCUT2D eigenvalue weighted by Crippen LogP contribution is -2.52. The minimum Gasteiger partial charge on any atom is -0.508 e. The number of phenolic OH excluding ortho intramolecular Hbond substituents is 1. The van der Waals surface area contributed by atoms with Crippen LogP contribution in [0.1, 0.15) is 11.9 Å². The van der Waals surface area contributed by atoms with Gasteiger partial charge in [-0.3, -0.25) is 0 Å². The topological polar surface area (TPSA) is 120 Å². The Morgan fingerprint density at radius 2 is 1.85 bits per heavy atom. The summed E-state index contributed by atoms with van der Waals surface area (Å²) in [6.07, 6.45) is -5.86. The molecule has 0 bridgehead atoms. The first-order chi connectivity index (χ1) is 9.52. The van der Waals surface area contributed by atoms with Crippen LogP contribution in [-0.2, 0) is 9.47 Å². The summed E-state index contributed by atoms with van der Waals surface area (Å²) < 4.78 is 10.7. The van der Waals surface area contributed by atoms with E-state index in [0.717, 1.165) is 0 Å². The average molecular weight is 286 g/mol. The average Bonchev–Trinajstić information content (AvgIpc) is 2.47.